The summed E-state index contributed by atoms with van der Waals surface area (Å²) >= 11 is 0. The van der Waals surface area contributed by atoms with Gasteiger partial charge >= 0.3 is 0 Å². The number of halogens is 1. The zero-order chi connectivity index (χ0) is 18.0. The summed E-state index contributed by atoms with van der Waals surface area (Å²) in [4.78, 5) is 9.31. The van der Waals surface area contributed by atoms with Crippen LogP contribution in [0.25, 0.3) is 5.57 Å². The Bertz CT molecular complexity index is 599. The van der Waals surface area contributed by atoms with Crippen LogP contribution < -0.4 is 5.32 Å². The van der Waals surface area contributed by atoms with E-state index in [0.717, 1.165) is 58.3 Å². The van der Waals surface area contributed by atoms with Crippen molar-refractivity contribution >= 4 is 35.5 Å². The smallest absolute Gasteiger partial charge is 0.193 e. The van der Waals surface area contributed by atoms with Crippen molar-refractivity contribution in [1.82, 2.24) is 15.1 Å². The van der Waals surface area contributed by atoms with Gasteiger partial charge in [-0.05, 0) is 36.9 Å². The third kappa shape index (κ3) is 7.08. The summed E-state index contributed by atoms with van der Waals surface area (Å²) in [5, 5.41) is 3.53. The lowest BCUT2D eigenvalue weighted by Gasteiger charge is -2.30. The predicted octanol–water partition coefficient (Wildman–Crippen LogP) is 3.08. The van der Waals surface area contributed by atoms with E-state index in [-0.39, 0.29) is 24.0 Å². The fraction of sp³-hybridized carbons (Fsp3) is 0.571. The molecule has 2 aliphatic rings. The first kappa shape index (κ1) is 22.2. The Labute approximate surface area is 180 Å². The van der Waals surface area contributed by atoms with Gasteiger partial charge in [0.05, 0.1) is 13.2 Å². The minimum Gasteiger partial charge on any atom is -0.379 e. The van der Waals surface area contributed by atoms with Crippen LogP contribution in [-0.2, 0) is 4.74 Å². The number of rotatable bonds is 6. The van der Waals surface area contributed by atoms with Gasteiger partial charge in [0.1, 0.15) is 0 Å². The SMILES string of the molecule is CN=C(NCCCCN1CCOCC1)N1CC=C(c2ccccc2)CC1.I. The molecule has 1 aromatic carbocycles. The van der Waals surface area contributed by atoms with Crippen LogP contribution in [-0.4, -0.2) is 75.3 Å². The topological polar surface area (TPSA) is 40.1 Å². The lowest BCUT2D eigenvalue weighted by Crippen LogP contribution is -2.44. The van der Waals surface area contributed by atoms with Crippen LogP contribution in [0.3, 0.4) is 0 Å². The lowest BCUT2D eigenvalue weighted by molar-refractivity contribution is 0.0372. The van der Waals surface area contributed by atoms with Crippen molar-refractivity contribution in [1.29, 1.82) is 0 Å². The summed E-state index contributed by atoms with van der Waals surface area (Å²) in [5.74, 6) is 1.03. The van der Waals surface area contributed by atoms with Gasteiger partial charge < -0.3 is 15.0 Å². The van der Waals surface area contributed by atoms with E-state index in [4.69, 9.17) is 4.74 Å². The number of guanidine groups is 1. The normalized spacial score (nSPS) is 18.6. The molecule has 0 unspecified atom stereocenters. The molecule has 150 valence electrons. The van der Waals surface area contributed by atoms with Crippen molar-refractivity contribution in [3.63, 3.8) is 0 Å². The van der Waals surface area contributed by atoms with Crippen LogP contribution in [0.4, 0.5) is 0 Å². The lowest BCUT2D eigenvalue weighted by atomic mass is 10.00. The van der Waals surface area contributed by atoms with Crippen molar-refractivity contribution in [2.45, 2.75) is 19.3 Å². The molecule has 0 atom stereocenters. The molecule has 1 aromatic rings. The maximum Gasteiger partial charge on any atom is 0.193 e. The average Bonchev–Trinajstić information content (AvgIpc) is 2.72. The van der Waals surface area contributed by atoms with Crippen LogP contribution in [0, 0.1) is 0 Å². The molecule has 2 heterocycles. The maximum atomic E-state index is 5.40. The molecular formula is C21H33IN4O. The molecule has 0 spiro atoms. The number of morpholine rings is 1. The molecular weight excluding hydrogens is 451 g/mol. The number of nitrogens with one attached hydrogen (secondary N) is 1. The monoisotopic (exact) mass is 484 g/mol. The molecule has 0 amide bonds. The van der Waals surface area contributed by atoms with E-state index in [1.54, 1.807) is 0 Å². The van der Waals surface area contributed by atoms with Crippen molar-refractivity contribution in [3.05, 3.63) is 42.0 Å². The summed E-state index contributed by atoms with van der Waals surface area (Å²) in [6.45, 7) is 8.06. The Balaban J connectivity index is 0.00000261. The standard InChI is InChI=1S/C21H32N4O.HI/c1-22-21(23-11-5-6-12-24-15-17-26-18-16-24)25-13-9-20(10-14-25)19-7-3-2-4-8-19;/h2-4,7-9H,5-6,10-18H2,1H3,(H,22,23);1H. The summed E-state index contributed by atoms with van der Waals surface area (Å²) in [6.07, 6.45) is 5.81. The molecule has 0 bridgehead atoms. The molecule has 1 fully saturated rings. The van der Waals surface area contributed by atoms with Gasteiger partial charge in [-0.25, -0.2) is 0 Å². The minimum absolute atomic E-state index is 0. The minimum atomic E-state index is 0. The van der Waals surface area contributed by atoms with Crippen LogP contribution in [0.1, 0.15) is 24.8 Å². The second kappa shape index (κ2) is 12.4. The van der Waals surface area contributed by atoms with Crippen LogP contribution in [0.15, 0.2) is 41.4 Å². The molecule has 5 nitrogen and oxygen atoms in total. The molecule has 6 heteroatoms. The highest BCUT2D eigenvalue weighted by Gasteiger charge is 2.16. The number of aliphatic imine (C=N–C) groups is 1. The number of hydrogen-bond donors (Lipinski definition) is 1. The van der Waals surface area contributed by atoms with E-state index in [2.05, 4.69) is 56.5 Å². The third-order valence-electron chi connectivity index (χ3n) is 5.15. The molecule has 0 aliphatic carbocycles. The summed E-state index contributed by atoms with van der Waals surface area (Å²) < 4.78 is 5.40. The molecule has 3 rings (SSSR count). The van der Waals surface area contributed by atoms with Crippen molar-refractivity contribution in [2.24, 2.45) is 4.99 Å². The maximum absolute atomic E-state index is 5.40. The first-order valence-corrected chi connectivity index (χ1v) is 9.87. The van der Waals surface area contributed by atoms with E-state index in [1.807, 2.05) is 7.05 Å². The third-order valence-corrected chi connectivity index (χ3v) is 5.15. The summed E-state index contributed by atoms with van der Waals surface area (Å²) in [7, 11) is 1.88. The Morgan fingerprint density at radius 2 is 1.89 bits per heavy atom. The van der Waals surface area contributed by atoms with E-state index >= 15 is 0 Å². The molecule has 0 saturated carbocycles. The second-order valence-corrected chi connectivity index (χ2v) is 6.93. The highest BCUT2D eigenvalue weighted by molar-refractivity contribution is 14.0. The van der Waals surface area contributed by atoms with Crippen LogP contribution >= 0.6 is 24.0 Å². The molecule has 1 saturated heterocycles. The first-order valence-electron chi connectivity index (χ1n) is 9.87. The zero-order valence-electron chi connectivity index (χ0n) is 16.4. The number of nitrogens with zero attached hydrogens (tertiary/aromatic N) is 3. The fourth-order valence-electron chi connectivity index (χ4n) is 3.59. The van der Waals surface area contributed by atoms with Crippen molar-refractivity contribution in [2.75, 3.05) is 59.5 Å². The van der Waals surface area contributed by atoms with Gasteiger partial charge in [-0.3, -0.25) is 9.89 Å². The molecule has 0 radical (unpaired) electrons. The number of benzene rings is 1. The molecule has 1 N–H and O–H groups in total. The Morgan fingerprint density at radius 3 is 2.56 bits per heavy atom. The highest BCUT2D eigenvalue weighted by atomic mass is 127. The zero-order valence-corrected chi connectivity index (χ0v) is 18.7. The van der Waals surface area contributed by atoms with E-state index < -0.39 is 0 Å². The van der Waals surface area contributed by atoms with Gasteiger partial charge in [0.25, 0.3) is 0 Å². The molecule has 27 heavy (non-hydrogen) atoms. The first-order chi connectivity index (χ1) is 12.9. The number of hydrogen-bond acceptors (Lipinski definition) is 3. The Hall–Kier alpha value is -1.12. The van der Waals surface area contributed by atoms with Crippen molar-refractivity contribution in [3.8, 4) is 0 Å². The van der Waals surface area contributed by atoms with Gasteiger partial charge in [-0.2, -0.15) is 0 Å². The second-order valence-electron chi connectivity index (χ2n) is 6.93. The largest absolute Gasteiger partial charge is 0.379 e. The van der Waals surface area contributed by atoms with Crippen molar-refractivity contribution < 1.29 is 4.74 Å². The average molecular weight is 484 g/mol. The number of ether oxygens (including phenoxy) is 1. The quantitative estimate of drug-likeness (QED) is 0.292. The van der Waals surface area contributed by atoms with E-state index in [1.165, 1.54) is 30.5 Å². The molecule has 0 aromatic heterocycles. The number of unbranched alkanes of at least 4 members (excludes halogenated alkanes) is 1. The summed E-state index contributed by atoms with van der Waals surface area (Å²) in [6, 6.07) is 10.7. The Kier molecular flexibility index (Phi) is 10.2. The van der Waals surface area contributed by atoms with Gasteiger partial charge in [0, 0.05) is 39.8 Å². The van der Waals surface area contributed by atoms with E-state index in [0.29, 0.717) is 0 Å². The van der Waals surface area contributed by atoms with Crippen LogP contribution in [0.2, 0.25) is 0 Å². The van der Waals surface area contributed by atoms with E-state index in [9.17, 15) is 0 Å². The Morgan fingerprint density at radius 1 is 1.11 bits per heavy atom. The highest BCUT2D eigenvalue weighted by Crippen LogP contribution is 2.21. The fourth-order valence-corrected chi connectivity index (χ4v) is 3.59. The molecule has 2 aliphatic heterocycles. The van der Waals surface area contributed by atoms with Gasteiger partial charge in [-0.1, -0.05) is 36.4 Å². The van der Waals surface area contributed by atoms with Gasteiger partial charge in [0.15, 0.2) is 5.96 Å². The van der Waals surface area contributed by atoms with Crippen LogP contribution in [0.5, 0.6) is 0 Å². The predicted molar refractivity (Wildman–Crippen MR) is 124 cm³/mol. The summed E-state index contributed by atoms with van der Waals surface area (Å²) in [5.41, 5.74) is 2.79. The van der Waals surface area contributed by atoms with Gasteiger partial charge in [-0.15, -0.1) is 24.0 Å². The van der Waals surface area contributed by atoms with Gasteiger partial charge in [0.2, 0.25) is 0 Å².